The van der Waals surface area contributed by atoms with Gasteiger partial charge in [-0.2, -0.15) is 146 Å². The number of nitrogens with one attached hydrogen (secondary N) is 2. The molecule has 0 amide bonds. The minimum Gasteiger partial charge on any atom is -0.355 e. The third kappa shape index (κ3) is 13.9. The van der Waals surface area contributed by atoms with Crippen molar-refractivity contribution in [2.45, 2.75) is 0 Å². The summed E-state index contributed by atoms with van der Waals surface area (Å²) in [5, 5.41) is 0. The zero-order valence-electron chi connectivity index (χ0n) is 26.7. The number of aromatic nitrogens is 4. The summed E-state index contributed by atoms with van der Waals surface area (Å²) in [6.07, 6.45) is 8.05. The van der Waals surface area contributed by atoms with Crippen LogP contribution >= 0.6 is 0 Å². The number of H-pyrrole nitrogens is 2. The van der Waals surface area contributed by atoms with Crippen LogP contribution in [0.5, 0.6) is 0 Å². The molecule has 2 N–H and O–H groups in total. The molecule has 1 radical (unpaired) electrons. The molecule has 5 heteroatoms. The fraction of sp³-hybridized carbons (Fsp3) is 0. The third-order valence-electron chi connectivity index (χ3n) is 6.47. The molecule has 7 aromatic rings. The van der Waals surface area contributed by atoms with Crippen molar-refractivity contribution < 1.29 is 22.4 Å². The monoisotopic (exact) mass is 725 g/mol. The molecular weight excluding hydrogens is 692 g/mol. The van der Waals surface area contributed by atoms with Gasteiger partial charge in [0.05, 0.1) is 22.8 Å². The van der Waals surface area contributed by atoms with Gasteiger partial charge in [-0.05, 0) is 72.8 Å². The van der Waals surface area contributed by atoms with Crippen LogP contribution in [0.15, 0.2) is 170 Å². The van der Waals surface area contributed by atoms with Gasteiger partial charge in [-0.15, -0.1) is 0 Å². The zero-order chi connectivity index (χ0) is 32.9. The fourth-order valence-electron chi connectivity index (χ4n) is 4.31. The normalized spacial score (nSPS) is 10.1. The first kappa shape index (κ1) is 36.1. The Hall–Kier alpha value is -5.78. The van der Waals surface area contributed by atoms with E-state index in [1.54, 1.807) is 0 Å². The Morgan fingerprint density at radius 3 is 0.837 bits per heavy atom. The predicted octanol–water partition coefficient (Wildman–Crippen LogP) is 10.6. The topological polar surface area (TPSA) is 57.4 Å². The van der Waals surface area contributed by atoms with Crippen molar-refractivity contribution in [3.8, 4) is 0 Å². The summed E-state index contributed by atoms with van der Waals surface area (Å²) in [6.45, 7) is 0. The van der Waals surface area contributed by atoms with Crippen LogP contribution < -0.4 is 0 Å². The number of aromatic amines is 2. The van der Waals surface area contributed by atoms with Gasteiger partial charge in [0.25, 0.3) is 0 Å². The standard InChI is InChI=1S/C20H14N4.4C6H5.Ag/c1-2-14-10-16-5-6-18(23-16)12-20-8-7-19(24-20)11-17-4-3-15(22-17)9-13(1)21-14;4*1-2-4-6-5-3-1;/h1-12,21-22H;4*1-5H;/q;4*-1;. The number of rotatable bonds is 0. The summed E-state index contributed by atoms with van der Waals surface area (Å²) in [4.78, 5) is 16.0. The third-order valence-corrected chi connectivity index (χ3v) is 6.47. The molecule has 245 valence electrons. The average Bonchev–Trinajstić information content (AvgIpc) is 4.00. The summed E-state index contributed by atoms with van der Waals surface area (Å²) in [5.74, 6) is 0. The Bertz CT molecular complexity index is 1800. The molecule has 4 aromatic carbocycles. The minimum atomic E-state index is 0. The van der Waals surface area contributed by atoms with Gasteiger partial charge in [-0.1, -0.05) is 0 Å². The Labute approximate surface area is 304 Å². The number of fused-ring (bicyclic) bond motifs is 8. The largest absolute Gasteiger partial charge is 0.355 e. The number of nitrogens with zero attached hydrogens (tertiary/aromatic N) is 2. The second-order valence-corrected chi connectivity index (χ2v) is 10.2. The molecule has 0 fully saturated rings. The van der Waals surface area contributed by atoms with Gasteiger partial charge in [0.2, 0.25) is 0 Å². The molecule has 0 saturated carbocycles. The summed E-state index contributed by atoms with van der Waals surface area (Å²) in [5.41, 5.74) is 7.86. The molecule has 8 bridgehead atoms. The van der Waals surface area contributed by atoms with Gasteiger partial charge >= 0.3 is 0 Å². The second-order valence-electron chi connectivity index (χ2n) is 10.2. The van der Waals surface area contributed by atoms with E-state index in [0.29, 0.717) is 0 Å². The van der Waals surface area contributed by atoms with E-state index in [9.17, 15) is 0 Å². The Balaban J connectivity index is 0.000000175. The Kier molecular flexibility index (Phi) is 15.6. The van der Waals surface area contributed by atoms with Crippen molar-refractivity contribution in [1.82, 2.24) is 19.9 Å². The zero-order valence-corrected chi connectivity index (χ0v) is 28.2. The quantitative estimate of drug-likeness (QED) is 0.121. The first-order chi connectivity index (χ1) is 23.8. The van der Waals surface area contributed by atoms with E-state index >= 15 is 0 Å². The van der Waals surface area contributed by atoms with E-state index in [1.165, 1.54) is 0 Å². The maximum absolute atomic E-state index is 4.62. The predicted molar refractivity (Wildman–Crippen MR) is 200 cm³/mol. The molecule has 0 atom stereocenters. The molecule has 0 aliphatic carbocycles. The fourth-order valence-corrected chi connectivity index (χ4v) is 4.31. The van der Waals surface area contributed by atoms with E-state index in [1.807, 2.05) is 164 Å². The van der Waals surface area contributed by atoms with Crippen molar-refractivity contribution in [2.75, 3.05) is 0 Å². The Morgan fingerprint density at radius 1 is 0.327 bits per heavy atom. The SMILES string of the molecule is C1=Cc2cc3ccc(cc4ccc(cc5nc(cc1n2)C=C5)[nH]4)[nH]3.[Ag].[c-]1ccccc1.[c-]1ccccc1.[c-]1ccccc1.[c-]1ccccc1. The molecule has 0 unspecified atom stereocenters. The molecule has 0 saturated heterocycles. The van der Waals surface area contributed by atoms with Crippen molar-refractivity contribution in [1.29, 1.82) is 0 Å². The van der Waals surface area contributed by atoms with E-state index in [2.05, 4.69) is 74.5 Å². The van der Waals surface area contributed by atoms with Crippen LogP contribution in [0.2, 0.25) is 0 Å². The van der Waals surface area contributed by atoms with Crippen LogP contribution in [0.4, 0.5) is 0 Å². The van der Waals surface area contributed by atoms with Crippen LogP contribution in [-0.4, -0.2) is 19.9 Å². The molecule has 0 spiro atoms. The average molecular weight is 727 g/mol. The summed E-state index contributed by atoms with van der Waals surface area (Å²) < 4.78 is 0. The van der Waals surface area contributed by atoms with Crippen molar-refractivity contribution in [3.63, 3.8) is 0 Å². The first-order valence-corrected chi connectivity index (χ1v) is 15.5. The molecule has 5 heterocycles. The van der Waals surface area contributed by atoms with Gasteiger partial charge in [-0.25, -0.2) is 9.97 Å². The van der Waals surface area contributed by atoms with Crippen molar-refractivity contribution in [2.24, 2.45) is 0 Å². The van der Waals surface area contributed by atoms with Crippen LogP contribution in [0, 0.1) is 24.3 Å². The maximum Gasteiger partial charge on any atom is 0.0659 e. The van der Waals surface area contributed by atoms with Gasteiger partial charge in [0.1, 0.15) is 0 Å². The van der Waals surface area contributed by atoms with Gasteiger partial charge in [0, 0.05) is 44.4 Å². The molecule has 49 heavy (non-hydrogen) atoms. The van der Waals surface area contributed by atoms with Gasteiger partial charge < -0.3 is 9.97 Å². The smallest absolute Gasteiger partial charge is 0.0659 e. The molecule has 3 aromatic heterocycles. The van der Waals surface area contributed by atoms with Gasteiger partial charge in [0.15, 0.2) is 0 Å². The molecule has 2 aliphatic rings. The number of benzene rings is 4. The van der Waals surface area contributed by atoms with Crippen molar-refractivity contribution >= 4 is 46.4 Å². The summed E-state index contributed by atoms with van der Waals surface area (Å²) in [7, 11) is 0. The minimum absolute atomic E-state index is 0. The molecule has 4 nitrogen and oxygen atoms in total. The van der Waals surface area contributed by atoms with Crippen molar-refractivity contribution in [3.05, 3.63) is 217 Å². The molecule has 9 rings (SSSR count). The summed E-state index contributed by atoms with van der Waals surface area (Å²) in [6, 6.07) is 66.4. The van der Waals surface area contributed by atoms with E-state index in [-0.39, 0.29) is 22.4 Å². The van der Waals surface area contributed by atoms with E-state index in [0.717, 1.165) is 44.8 Å². The Morgan fingerprint density at radius 2 is 0.592 bits per heavy atom. The maximum atomic E-state index is 4.62. The van der Waals surface area contributed by atoms with E-state index < -0.39 is 0 Å². The van der Waals surface area contributed by atoms with Crippen LogP contribution in [0.25, 0.3) is 46.4 Å². The van der Waals surface area contributed by atoms with E-state index in [4.69, 9.17) is 0 Å². The number of hydrogen-bond donors (Lipinski definition) is 2. The van der Waals surface area contributed by atoms with Crippen LogP contribution in [0.3, 0.4) is 0 Å². The molecule has 2 aliphatic heterocycles. The van der Waals surface area contributed by atoms with Crippen LogP contribution in [0.1, 0.15) is 22.8 Å². The summed E-state index contributed by atoms with van der Waals surface area (Å²) >= 11 is 0. The van der Waals surface area contributed by atoms with Crippen LogP contribution in [-0.2, 0) is 22.4 Å². The van der Waals surface area contributed by atoms with Gasteiger partial charge in [-0.3, -0.25) is 0 Å². The first-order valence-electron chi connectivity index (χ1n) is 15.5. The number of hydrogen-bond acceptors (Lipinski definition) is 2. The molecular formula is C44H34AgN4-4. The second kappa shape index (κ2) is 21.2.